The fourth-order valence-corrected chi connectivity index (χ4v) is 5.19. The molecule has 35 heavy (non-hydrogen) atoms. The first kappa shape index (κ1) is 21.9. The minimum Gasteiger partial charge on any atom is -0.493 e. The van der Waals surface area contributed by atoms with E-state index < -0.39 is 0 Å². The summed E-state index contributed by atoms with van der Waals surface area (Å²) in [4.78, 5) is 0. The molecule has 4 aromatic rings. The van der Waals surface area contributed by atoms with Crippen LogP contribution in [0.2, 0.25) is 5.02 Å². The molecular weight excluding hydrogens is 466 g/mol. The van der Waals surface area contributed by atoms with Crippen LogP contribution in [0.25, 0.3) is 22.0 Å². The zero-order valence-corrected chi connectivity index (χ0v) is 20.4. The number of aromatic nitrogens is 1. The summed E-state index contributed by atoms with van der Waals surface area (Å²) in [6.45, 7) is 1.63. The van der Waals surface area contributed by atoms with Crippen molar-refractivity contribution >= 4 is 22.4 Å². The average Bonchev–Trinajstić information content (AvgIpc) is 3.34. The second-order valence-electron chi connectivity index (χ2n) is 8.58. The SMILES string of the molecule is COc1ccc2c(CCOc3ccc(Cl)cc3)c3[n+](cc2c1OC)CCc1cc2c(cc1-3)OCO2. The predicted molar refractivity (Wildman–Crippen MR) is 133 cm³/mol. The molecule has 3 heterocycles. The van der Waals surface area contributed by atoms with E-state index in [9.17, 15) is 0 Å². The molecule has 0 amide bonds. The van der Waals surface area contributed by atoms with E-state index in [1.807, 2.05) is 30.3 Å². The van der Waals surface area contributed by atoms with E-state index in [4.69, 9.17) is 35.3 Å². The molecule has 178 valence electrons. The highest BCUT2D eigenvalue weighted by Crippen LogP contribution is 2.43. The molecule has 7 heteroatoms. The van der Waals surface area contributed by atoms with Crippen LogP contribution in [0.1, 0.15) is 11.1 Å². The maximum absolute atomic E-state index is 6.10. The maximum atomic E-state index is 6.10. The molecule has 3 aromatic carbocycles. The number of fused-ring (bicyclic) bond motifs is 5. The van der Waals surface area contributed by atoms with Crippen molar-refractivity contribution in [3.8, 4) is 40.0 Å². The van der Waals surface area contributed by atoms with Gasteiger partial charge in [-0.25, -0.2) is 0 Å². The first-order chi connectivity index (χ1) is 17.2. The Morgan fingerprint density at radius 1 is 0.943 bits per heavy atom. The third-order valence-corrected chi connectivity index (χ3v) is 6.93. The first-order valence-corrected chi connectivity index (χ1v) is 12.0. The smallest absolute Gasteiger partial charge is 0.231 e. The summed E-state index contributed by atoms with van der Waals surface area (Å²) in [5.74, 6) is 3.84. The van der Waals surface area contributed by atoms with Crippen molar-refractivity contribution in [1.29, 1.82) is 0 Å². The second-order valence-corrected chi connectivity index (χ2v) is 9.01. The number of aryl methyl sites for hydroxylation is 2. The highest BCUT2D eigenvalue weighted by molar-refractivity contribution is 6.30. The molecule has 0 atom stereocenters. The number of methoxy groups -OCH3 is 2. The average molecular weight is 491 g/mol. The zero-order chi connectivity index (χ0) is 23.9. The van der Waals surface area contributed by atoms with Gasteiger partial charge in [0.15, 0.2) is 35.7 Å². The van der Waals surface area contributed by atoms with Crippen LogP contribution in [0.5, 0.6) is 28.7 Å². The molecule has 2 aliphatic rings. The molecule has 0 saturated carbocycles. The van der Waals surface area contributed by atoms with Crippen LogP contribution in [0.4, 0.5) is 0 Å². The molecular formula is C28H25ClNO5+. The minimum absolute atomic E-state index is 0.259. The normalized spacial score (nSPS) is 13.3. The van der Waals surface area contributed by atoms with Gasteiger partial charge in [-0.1, -0.05) is 11.6 Å². The molecule has 0 spiro atoms. The van der Waals surface area contributed by atoms with Gasteiger partial charge in [-0.3, -0.25) is 0 Å². The number of hydrogen-bond donors (Lipinski definition) is 0. The van der Waals surface area contributed by atoms with E-state index in [-0.39, 0.29) is 6.79 Å². The van der Waals surface area contributed by atoms with Crippen LogP contribution < -0.4 is 28.3 Å². The van der Waals surface area contributed by atoms with Crippen molar-refractivity contribution in [2.75, 3.05) is 27.6 Å². The van der Waals surface area contributed by atoms with Gasteiger partial charge in [-0.2, -0.15) is 4.57 Å². The van der Waals surface area contributed by atoms with Gasteiger partial charge in [-0.05, 0) is 54.1 Å². The Morgan fingerprint density at radius 3 is 2.51 bits per heavy atom. The molecule has 6 nitrogen and oxygen atoms in total. The molecule has 0 unspecified atom stereocenters. The Kier molecular flexibility index (Phi) is 5.53. The van der Waals surface area contributed by atoms with Gasteiger partial charge in [-0.15, -0.1) is 0 Å². The minimum atomic E-state index is 0.259. The monoisotopic (exact) mass is 490 g/mol. The summed E-state index contributed by atoms with van der Waals surface area (Å²) in [7, 11) is 3.34. The van der Waals surface area contributed by atoms with Crippen LogP contribution in [-0.4, -0.2) is 27.6 Å². The van der Waals surface area contributed by atoms with Gasteiger partial charge < -0.3 is 23.7 Å². The zero-order valence-electron chi connectivity index (χ0n) is 19.6. The maximum Gasteiger partial charge on any atom is 0.231 e. The summed E-state index contributed by atoms with van der Waals surface area (Å²) in [6, 6.07) is 15.7. The number of rotatable bonds is 6. The third kappa shape index (κ3) is 3.78. The summed E-state index contributed by atoms with van der Waals surface area (Å²) < 4.78 is 31.1. The van der Waals surface area contributed by atoms with Crippen LogP contribution in [-0.2, 0) is 19.4 Å². The fourth-order valence-electron chi connectivity index (χ4n) is 5.06. The van der Waals surface area contributed by atoms with Crippen molar-refractivity contribution in [2.24, 2.45) is 0 Å². The van der Waals surface area contributed by atoms with Crippen molar-refractivity contribution < 1.29 is 28.3 Å². The topological polar surface area (TPSA) is 50.0 Å². The first-order valence-electron chi connectivity index (χ1n) is 11.6. The molecule has 2 aliphatic heterocycles. The van der Waals surface area contributed by atoms with E-state index in [1.54, 1.807) is 14.2 Å². The van der Waals surface area contributed by atoms with Gasteiger partial charge in [0.2, 0.25) is 12.5 Å². The van der Waals surface area contributed by atoms with E-state index in [1.165, 1.54) is 22.4 Å². The molecule has 0 bridgehead atoms. The summed E-state index contributed by atoms with van der Waals surface area (Å²) >= 11 is 6.03. The van der Waals surface area contributed by atoms with Gasteiger partial charge in [0.05, 0.1) is 31.8 Å². The molecule has 0 radical (unpaired) electrons. The van der Waals surface area contributed by atoms with Gasteiger partial charge >= 0.3 is 0 Å². The summed E-state index contributed by atoms with van der Waals surface area (Å²) in [6.07, 6.45) is 3.78. The highest BCUT2D eigenvalue weighted by Gasteiger charge is 2.32. The van der Waals surface area contributed by atoms with Crippen LogP contribution in [0.3, 0.4) is 0 Å². The number of benzene rings is 3. The van der Waals surface area contributed by atoms with Crippen LogP contribution in [0.15, 0.2) is 54.7 Å². The van der Waals surface area contributed by atoms with Crippen molar-refractivity contribution in [2.45, 2.75) is 19.4 Å². The van der Waals surface area contributed by atoms with Crippen LogP contribution >= 0.6 is 11.6 Å². The number of pyridine rings is 1. The number of ether oxygens (including phenoxy) is 5. The largest absolute Gasteiger partial charge is 0.493 e. The lowest BCUT2D eigenvalue weighted by molar-refractivity contribution is -0.686. The van der Waals surface area contributed by atoms with E-state index in [0.717, 1.165) is 46.7 Å². The Morgan fingerprint density at radius 2 is 1.74 bits per heavy atom. The molecule has 0 saturated heterocycles. The predicted octanol–water partition coefficient (Wildman–Crippen LogP) is 5.37. The molecule has 6 rings (SSSR count). The van der Waals surface area contributed by atoms with E-state index in [2.05, 4.69) is 29.0 Å². The molecule has 0 fully saturated rings. The Bertz CT molecular complexity index is 1430. The third-order valence-electron chi connectivity index (χ3n) is 6.68. The second kappa shape index (κ2) is 8.86. The molecule has 0 N–H and O–H groups in total. The van der Waals surface area contributed by atoms with E-state index >= 15 is 0 Å². The van der Waals surface area contributed by atoms with Crippen molar-refractivity contribution in [1.82, 2.24) is 0 Å². The molecule has 1 aromatic heterocycles. The Hall–Kier alpha value is -3.64. The van der Waals surface area contributed by atoms with Crippen LogP contribution in [0, 0.1) is 0 Å². The number of halogens is 1. The lowest BCUT2D eigenvalue weighted by Gasteiger charge is -2.21. The highest BCUT2D eigenvalue weighted by atomic mass is 35.5. The quantitative estimate of drug-likeness (QED) is 0.340. The summed E-state index contributed by atoms with van der Waals surface area (Å²) in [5.41, 5.74) is 4.79. The van der Waals surface area contributed by atoms with Gasteiger partial charge in [0.25, 0.3) is 0 Å². The van der Waals surface area contributed by atoms with Gasteiger partial charge in [0.1, 0.15) is 5.75 Å². The lowest BCUT2D eigenvalue weighted by Crippen LogP contribution is -2.41. The van der Waals surface area contributed by atoms with Crippen molar-refractivity contribution in [3.63, 3.8) is 0 Å². The van der Waals surface area contributed by atoms with Crippen molar-refractivity contribution in [3.05, 3.63) is 70.9 Å². The lowest BCUT2D eigenvalue weighted by atomic mass is 9.90. The summed E-state index contributed by atoms with van der Waals surface area (Å²) in [5, 5.41) is 2.81. The Labute approximate surface area is 208 Å². The van der Waals surface area contributed by atoms with E-state index in [0.29, 0.717) is 23.8 Å². The van der Waals surface area contributed by atoms with Gasteiger partial charge in [0, 0.05) is 28.8 Å². The Balaban J connectivity index is 1.50. The standard InChI is InChI=1S/C28H25ClNO5/c1-31-24-8-7-20-21(10-12-33-19-5-3-18(29)4-6-19)27-22-14-26-25(34-16-35-26)13-17(22)9-11-30(27)15-23(20)28(24)32-2/h3-8,13-15H,9-12,16H2,1-2H3/q+1. The molecule has 0 aliphatic carbocycles. The number of nitrogens with zero attached hydrogens (tertiary/aromatic N) is 1. The fraction of sp³-hybridized carbons (Fsp3) is 0.250. The number of hydrogen-bond acceptors (Lipinski definition) is 5.